The van der Waals surface area contributed by atoms with Gasteiger partial charge in [-0.1, -0.05) is 36.4 Å². The zero-order chi connectivity index (χ0) is 24.7. The number of hydrogen-bond acceptors (Lipinski definition) is 6. The summed E-state index contributed by atoms with van der Waals surface area (Å²) in [5.41, 5.74) is 2.87. The highest BCUT2D eigenvalue weighted by Gasteiger charge is 2.44. The van der Waals surface area contributed by atoms with Crippen molar-refractivity contribution in [1.82, 2.24) is 10.4 Å². The molecule has 0 bridgehead atoms. The highest BCUT2D eigenvalue weighted by atomic mass is 19.4. The van der Waals surface area contributed by atoms with Gasteiger partial charge in [0.25, 0.3) is 0 Å². The number of piperidine rings is 1. The normalized spacial score (nSPS) is 17.1. The van der Waals surface area contributed by atoms with Gasteiger partial charge in [0.2, 0.25) is 5.91 Å². The third-order valence-electron chi connectivity index (χ3n) is 5.46. The lowest BCUT2D eigenvalue weighted by Gasteiger charge is -2.32. The molecule has 0 spiro atoms. The van der Waals surface area contributed by atoms with Crippen LogP contribution >= 0.6 is 0 Å². The van der Waals surface area contributed by atoms with E-state index in [4.69, 9.17) is 5.26 Å². The Hall–Kier alpha value is -3.89. The van der Waals surface area contributed by atoms with Gasteiger partial charge in [0.15, 0.2) is 0 Å². The molecule has 0 aliphatic carbocycles. The third kappa shape index (κ3) is 6.12. The van der Waals surface area contributed by atoms with Crippen LogP contribution in [-0.4, -0.2) is 42.2 Å². The van der Waals surface area contributed by atoms with Gasteiger partial charge in [0.1, 0.15) is 6.04 Å². The Morgan fingerprint density at radius 2 is 1.85 bits per heavy atom. The predicted octanol–water partition coefficient (Wildman–Crippen LogP) is 3.82. The molecule has 0 saturated carbocycles. The van der Waals surface area contributed by atoms with Crippen LogP contribution in [0.4, 0.5) is 13.2 Å². The van der Waals surface area contributed by atoms with E-state index in [-0.39, 0.29) is 19.5 Å². The number of amides is 1. The molecule has 0 unspecified atom stereocenters. The van der Waals surface area contributed by atoms with Gasteiger partial charge >= 0.3 is 12.1 Å². The van der Waals surface area contributed by atoms with Crippen LogP contribution in [0.5, 0.6) is 0 Å². The van der Waals surface area contributed by atoms with E-state index in [9.17, 15) is 28.0 Å². The fourth-order valence-corrected chi connectivity index (χ4v) is 3.67. The molecular weight excluding hydrogens is 449 g/mol. The van der Waals surface area contributed by atoms with E-state index in [2.05, 4.69) is 22.3 Å². The molecule has 1 fully saturated rings. The average molecular weight is 470 g/mol. The first-order chi connectivity index (χ1) is 16.2. The molecule has 1 heterocycles. The van der Waals surface area contributed by atoms with Crippen LogP contribution in [0.1, 0.15) is 36.3 Å². The number of halogens is 3. The molecule has 0 radical (unpaired) electrons. The molecule has 2 aromatic rings. The van der Waals surface area contributed by atoms with Crippen LogP contribution in [0.2, 0.25) is 0 Å². The van der Waals surface area contributed by atoms with E-state index in [1.807, 2.05) is 6.07 Å². The van der Waals surface area contributed by atoms with Crippen LogP contribution in [0.25, 0.3) is 11.1 Å². The maximum absolute atomic E-state index is 12.6. The molecule has 7 nitrogen and oxygen atoms in total. The summed E-state index contributed by atoms with van der Waals surface area (Å²) in [6, 6.07) is 17.3. The molecule has 2 aromatic carbocycles. The van der Waals surface area contributed by atoms with Crippen molar-refractivity contribution in [2.24, 2.45) is 0 Å². The Kier molecular flexibility index (Phi) is 7.87. The Labute approximate surface area is 194 Å². The Morgan fingerprint density at radius 1 is 1.12 bits per heavy atom. The van der Waals surface area contributed by atoms with Crippen molar-refractivity contribution in [1.29, 1.82) is 10.5 Å². The van der Waals surface area contributed by atoms with E-state index in [1.54, 1.807) is 42.5 Å². The molecule has 1 aliphatic heterocycles. The molecule has 176 valence electrons. The van der Waals surface area contributed by atoms with Gasteiger partial charge in [-0.25, -0.2) is 4.79 Å². The minimum atomic E-state index is -5.16. The highest BCUT2D eigenvalue weighted by molar-refractivity contribution is 5.82. The molecule has 3 rings (SSSR count). The van der Waals surface area contributed by atoms with Crippen molar-refractivity contribution >= 4 is 11.9 Å². The first kappa shape index (κ1) is 24.7. The van der Waals surface area contributed by atoms with Gasteiger partial charge in [-0.05, 0) is 48.1 Å². The molecule has 1 N–H and O–H groups in total. The van der Waals surface area contributed by atoms with Crippen molar-refractivity contribution in [2.75, 3.05) is 13.1 Å². The van der Waals surface area contributed by atoms with E-state index in [1.165, 1.54) is 0 Å². The van der Waals surface area contributed by atoms with Crippen molar-refractivity contribution in [3.8, 4) is 23.3 Å². The number of hydroxylamine groups is 2. The molecule has 0 aromatic heterocycles. The average Bonchev–Trinajstić information content (AvgIpc) is 2.84. The number of nitriles is 2. The first-order valence-electron chi connectivity index (χ1n) is 10.6. The number of nitrogens with zero attached hydrogens (tertiary/aromatic N) is 3. The summed E-state index contributed by atoms with van der Waals surface area (Å²) in [4.78, 5) is 28.2. The number of hydrogen-bond donors (Lipinski definition) is 1. The van der Waals surface area contributed by atoms with Gasteiger partial charge in [-0.3, -0.25) is 4.79 Å². The van der Waals surface area contributed by atoms with Crippen LogP contribution in [-0.2, 0) is 14.4 Å². The number of rotatable bonds is 6. The summed E-state index contributed by atoms with van der Waals surface area (Å²) in [5.74, 6) is -3.68. The largest absolute Gasteiger partial charge is 0.492 e. The highest BCUT2D eigenvalue weighted by Crippen LogP contribution is 2.25. The lowest BCUT2D eigenvalue weighted by molar-refractivity contribution is -0.248. The smallest absolute Gasteiger partial charge is 0.360 e. The molecule has 1 aliphatic rings. The number of carbonyl (C=O) groups excluding carboxylic acids is 2. The lowest BCUT2D eigenvalue weighted by atomic mass is 9.96. The lowest BCUT2D eigenvalue weighted by Crippen LogP contribution is -2.51. The SMILES string of the molecule is N#Cc1cccc(-c2ccc([C@@H](C#N)CNC(=O)[C@@H]3CCCCN3OC(=O)C(F)(F)F)cc2)c1. The Balaban J connectivity index is 1.64. The van der Waals surface area contributed by atoms with Crippen molar-refractivity contribution in [2.45, 2.75) is 37.4 Å². The van der Waals surface area contributed by atoms with Crippen LogP contribution in [0.3, 0.4) is 0 Å². The van der Waals surface area contributed by atoms with Crippen LogP contribution in [0, 0.1) is 22.7 Å². The number of carbonyl (C=O) groups is 2. The van der Waals surface area contributed by atoms with Gasteiger partial charge in [0.05, 0.1) is 23.6 Å². The van der Waals surface area contributed by atoms with Gasteiger partial charge in [-0.2, -0.15) is 23.7 Å². The fourth-order valence-electron chi connectivity index (χ4n) is 3.67. The second-order valence-corrected chi connectivity index (χ2v) is 7.77. The molecule has 2 atom stereocenters. The van der Waals surface area contributed by atoms with E-state index >= 15 is 0 Å². The zero-order valence-electron chi connectivity index (χ0n) is 18.0. The minimum Gasteiger partial charge on any atom is -0.360 e. The number of nitrogens with one attached hydrogen (secondary N) is 1. The molecule has 1 amide bonds. The van der Waals surface area contributed by atoms with E-state index in [0.717, 1.165) is 16.2 Å². The predicted molar refractivity (Wildman–Crippen MR) is 114 cm³/mol. The minimum absolute atomic E-state index is 0.00997. The Morgan fingerprint density at radius 3 is 2.50 bits per heavy atom. The topological polar surface area (TPSA) is 106 Å². The Bertz CT molecular complexity index is 1120. The van der Waals surface area contributed by atoms with Crippen molar-refractivity contribution in [3.05, 3.63) is 59.7 Å². The third-order valence-corrected chi connectivity index (χ3v) is 5.46. The second kappa shape index (κ2) is 10.8. The summed E-state index contributed by atoms with van der Waals surface area (Å²) < 4.78 is 37.6. The summed E-state index contributed by atoms with van der Waals surface area (Å²) in [6.45, 7) is -0.0494. The number of benzene rings is 2. The maximum Gasteiger partial charge on any atom is 0.492 e. The summed E-state index contributed by atoms with van der Waals surface area (Å²) in [6.07, 6.45) is -3.86. The van der Waals surface area contributed by atoms with Gasteiger partial charge in [0, 0.05) is 13.1 Å². The van der Waals surface area contributed by atoms with Crippen molar-refractivity contribution < 1.29 is 27.6 Å². The standard InChI is InChI=1S/C24H21F3N4O3/c25-24(26,27)23(33)34-31-11-2-1-6-21(31)22(32)30-15-20(14-29)18-9-7-17(8-10-18)19-5-3-4-16(12-19)13-28/h3-5,7-10,12,20-21H,1-2,6,11,15H2,(H,30,32)/t20-,21-/m0/s1. The van der Waals surface area contributed by atoms with E-state index in [0.29, 0.717) is 24.0 Å². The monoisotopic (exact) mass is 470 g/mol. The quantitative estimate of drug-likeness (QED) is 0.688. The van der Waals surface area contributed by atoms with Crippen molar-refractivity contribution in [3.63, 3.8) is 0 Å². The summed E-state index contributed by atoms with van der Waals surface area (Å²) >= 11 is 0. The van der Waals surface area contributed by atoms with Gasteiger partial charge in [-0.15, -0.1) is 5.06 Å². The van der Waals surface area contributed by atoms with Gasteiger partial charge < -0.3 is 10.2 Å². The molecule has 10 heteroatoms. The fraction of sp³-hybridized carbons (Fsp3) is 0.333. The molecular formula is C24H21F3N4O3. The summed E-state index contributed by atoms with van der Waals surface area (Å²) in [5, 5.41) is 22.0. The zero-order valence-corrected chi connectivity index (χ0v) is 18.0. The summed E-state index contributed by atoms with van der Waals surface area (Å²) in [7, 11) is 0. The molecule has 1 saturated heterocycles. The van der Waals surface area contributed by atoms with Crippen LogP contribution in [0.15, 0.2) is 48.5 Å². The second-order valence-electron chi connectivity index (χ2n) is 7.77. The molecule has 34 heavy (non-hydrogen) atoms. The first-order valence-corrected chi connectivity index (χ1v) is 10.6. The van der Waals surface area contributed by atoms with E-state index < -0.39 is 30.0 Å². The maximum atomic E-state index is 12.6. The van der Waals surface area contributed by atoms with Crippen LogP contribution < -0.4 is 5.32 Å². The number of alkyl halides is 3.